The summed E-state index contributed by atoms with van der Waals surface area (Å²) in [7, 11) is 0. The molecule has 0 radical (unpaired) electrons. The van der Waals surface area contributed by atoms with Crippen molar-refractivity contribution < 1.29 is 14.3 Å². The van der Waals surface area contributed by atoms with Crippen molar-refractivity contribution in [3.05, 3.63) is 29.6 Å². The van der Waals surface area contributed by atoms with Crippen LogP contribution in [0.4, 0.5) is 10.1 Å². The van der Waals surface area contributed by atoms with Crippen molar-refractivity contribution in [2.75, 3.05) is 5.73 Å². The Bertz CT molecular complexity index is 325. The summed E-state index contributed by atoms with van der Waals surface area (Å²) in [6.45, 7) is 0. The van der Waals surface area contributed by atoms with E-state index in [1.807, 2.05) is 0 Å². The molecule has 13 heavy (non-hydrogen) atoms. The summed E-state index contributed by atoms with van der Waals surface area (Å²) in [5.41, 5.74) is 6.49. The fourth-order valence-corrected chi connectivity index (χ4v) is 1.03. The molecule has 1 aromatic carbocycles. The highest BCUT2D eigenvalue weighted by molar-refractivity contribution is 5.67. The lowest BCUT2D eigenvalue weighted by atomic mass is 10.1. The molecule has 0 saturated carbocycles. The zero-order chi connectivity index (χ0) is 9.84. The van der Waals surface area contributed by atoms with Gasteiger partial charge in [0.15, 0.2) is 0 Å². The SMILES string of the molecule is Nc1ccc(F)cc1CCC(=O)O. The Kier molecular flexibility index (Phi) is 2.84. The van der Waals surface area contributed by atoms with Gasteiger partial charge in [-0.2, -0.15) is 0 Å². The number of carboxylic acids is 1. The predicted molar refractivity (Wildman–Crippen MR) is 46.8 cm³/mol. The first-order valence-electron chi connectivity index (χ1n) is 3.85. The second-order valence-electron chi connectivity index (χ2n) is 2.74. The Morgan fingerprint density at radius 3 is 2.85 bits per heavy atom. The number of nitrogen functional groups attached to an aromatic ring is 1. The van der Waals surface area contributed by atoms with Crippen LogP contribution >= 0.6 is 0 Å². The van der Waals surface area contributed by atoms with Gasteiger partial charge in [-0.05, 0) is 30.2 Å². The number of hydrogen-bond acceptors (Lipinski definition) is 2. The van der Waals surface area contributed by atoms with E-state index in [1.165, 1.54) is 18.2 Å². The molecule has 0 aromatic heterocycles. The van der Waals surface area contributed by atoms with E-state index in [4.69, 9.17) is 10.8 Å². The number of benzene rings is 1. The lowest BCUT2D eigenvalue weighted by Gasteiger charge is -2.03. The van der Waals surface area contributed by atoms with Crippen molar-refractivity contribution in [1.82, 2.24) is 0 Å². The lowest BCUT2D eigenvalue weighted by Crippen LogP contribution is -2.01. The molecule has 0 fully saturated rings. The minimum Gasteiger partial charge on any atom is -0.481 e. The van der Waals surface area contributed by atoms with Crippen LogP contribution in [-0.2, 0) is 11.2 Å². The van der Waals surface area contributed by atoms with Crippen molar-refractivity contribution >= 4 is 11.7 Å². The number of carbonyl (C=O) groups is 1. The molecule has 1 aromatic rings. The average Bonchev–Trinajstić information content (AvgIpc) is 2.06. The first kappa shape index (κ1) is 9.51. The summed E-state index contributed by atoms with van der Waals surface area (Å²) >= 11 is 0. The zero-order valence-electron chi connectivity index (χ0n) is 6.96. The summed E-state index contributed by atoms with van der Waals surface area (Å²) in [6.07, 6.45) is 0.229. The fourth-order valence-electron chi connectivity index (χ4n) is 1.03. The van der Waals surface area contributed by atoms with E-state index in [2.05, 4.69) is 0 Å². The minimum atomic E-state index is -0.913. The molecule has 0 bridgehead atoms. The summed E-state index contributed by atoms with van der Waals surface area (Å²) in [6, 6.07) is 3.95. The molecule has 0 aliphatic carbocycles. The van der Waals surface area contributed by atoms with Crippen LogP contribution in [0.3, 0.4) is 0 Å². The maximum absolute atomic E-state index is 12.7. The van der Waals surface area contributed by atoms with E-state index in [-0.39, 0.29) is 12.8 Å². The summed E-state index contributed by atoms with van der Waals surface area (Å²) in [5.74, 6) is -1.31. The standard InChI is InChI=1S/C9H10FNO2/c10-7-2-3-8(11)6(5-7)1-4-9(12)13/h2-3,5H,1,4,11H2,(H,12,13). The van der Waals surface area contributed by atoms with Gasteiger partial charge in [0, 0.05) is 12.1 Å². The van der Waals surface area contributed by atoms with Gasteiger partial charge in [0.2, 0.25) is 0 Å². The Balaban J connectivity index is 2.75. The van der Waals surface area contributed by atoms with Crippen LogP contribution in [-0.4, -0.2) is 11.1 Å². The second-order valence-corrected chi connectivity index (χ2v) is 2.74. The molecule has 0 amide bonds. The average molecular weight is 183 g/mol. The molecule has 0 unspecified atom stereocenters. The van der Waals surface area contributed by atoms with Gasteiger partial charge in [0.25, 0.3) is 0 Å². The number of carboxylic acid groups (broad SMARTS) is 1. The molecule has 0 spiro atoms. The monoisotopic (exact) mass is 183 g/mol. The number of halogens is 1. The molecule has 0 saturated heterocycles. The van der Waals surface area contributed by atoms with Crippen LogP contribution in [0.5, 0.6) is 0 Å². The van der Waals surface area contributed by atoms with Gasteiger partial charge in [-0.15, -0.1) is 0 Å². The van der Waals surface area contributed by atoms with Gasteiger partial charge in [-0.25, -0.2) is 4.39 Å². The highest BCUT2D eigenvalue weighted by Crippen LogP contribution is 2.14. The van der Waals surface area contributed by atoms with Gasteiger partial charge < -0.3 is 10.8 Å². The van der Waals surface area contributed by atoms with Crippen molar-refractivity contribution in [1.29, 1.82) is 0 Å². The van der Waals surface area contributed by atoms with Crippen LogP contribution in [0.2, 0.25) is 0 Å². The highest BCUT2D eigenvalue weighted by atomic mass is 19.1. The number of aliphatic carboxylic acids is 1. The third kappa shape index (κ3) is 2.74. The van der Waals surface area contributed by atoms with Gasteiger partial charge in [-0.1, -0.05) is 0 Å². The maximum Gasteiger partial charge on any atom is 0.303 e. The molecule has 0 aliphatic rings. The Morgan fingerprint density at radius 2 is 2.23 bits per heavy atom. The van der Waals surface area contributed by atoms with E-state index in [0.29, 0.717) is 11.3 Å². The third-order valence-electron chi connectivity index (χ3n) is 1.71. The highest BCUT2D eigenvalue weighted by Gasteiger charge is 2.03. The molecule has 3 nitrogen and oxygen atoms in total. The number of aryl methyl sites for hydroxylation is 1. The smallest absolute Gasteiger partial charge is 0.303 e. The van der Waals surface area contributed by atoms with Crippen LogP contribution in [0.25, 0.3) is 0 Å². The van der Waals surface area contributed by atoms with E-state index >= 15 is 0 Å². The molecule has 0 aliphatic heterocycles. The Labute approximate surface area is 75.0 Å². The first-order chi connectivity index (χ1) is 6.09. The largest absolute Gasteiger partial charge is 0.481 e. The van der Waals surface area contributed by atoms with Gasteiger partial charge in [0.05, 0.1) is 0 Å². The number of hydrogen-bond donors (Lipinski definition) is 2. The number of anilines is 1. The predicted octanol–water partition coefficient (Wildman–Crippen LogP) is 1.43. The maximum atomic E-state index is 12.7. The molecule has 4 heteroatoms. The van der Waals surface area contributed by atoms with Crippen LogP contribution in [0, 0.1) is 5.82 Å². The summed E-state index contributed by atoms with van der Waals surface area (Å²) in [4.78, 5) is 10.2. The molecule has 3 N–H and O–H groups in total. The van der Waals surface area contributed by atoms with Gasteiger partial charge in [-0.3, -0.25) is 4.79 Å². The minimum absolute atomic E-state index is 0.0341. The molecule has 1 rings (SSSR count). The van der Waals surface area contributed by atoms with Crippen molar-refractivity contribution in [3.8, 4) is 0 Å². The molecular formula is C9H10FNO2. The van der Waals surface area contributed by atoms with Crippen molar-refractivity contribution in [2.45, 2.75) is 12.8 Å². The Morgan fingerprint density at radius 1 is 1.54 bits per heavy atom. The first-order valence-corrected chi connectivity index (χ1v) is 3.85. The molecular weight excluding hydrogens is 173 g/mol. The molecule has 70 valence electrons. The zero-order valence-corrected chi connectivity index (χ0v) is 6.96. The fraction of sp³-hybridized carbons (Fsp3) is 0.222. The van der Waals surface area contributed by atoms with Crippen molar-refractivity contribution in [2.24, 2.45) is 0 Å². The van der Waals surface area contributed by atoms with E-state index in [9.17, 15) is 9.18 Å². The van der Waals surface area contributed by atoms with Crippen molar-refractivity contribution in [3.63, 3.8) is 0 Å². The summed E-state index contributed by atoms with van der Waals surface area (Å²) < 4.78 is 12.7. The number of nitrogens with two attached hydrogens (primary N) is 1. The lowest BCUT2D eigenvalue weighted by molar-refractivity contribution is -0.136. The summed E-state index contributed by atoms with van der Waals surface area (Å²) in [5, 5.41) is 8.40. The quantitative estimate of drug-likeness (QED) is 0.696. The van der Waals surface area contributed by atoms with E-state index in [1.54, 1.807) is 0 Å². The van der Waals surface area contributed by atoms with Gasteiger partial charge in [0.1, 0.15) is 5.82 Å². The normalized spacial score (nSPS) is 9.92. The molecule has 0 heterocycles. The Hall–Kier alpha value is -1.58. The van der Waals surface area contributed by atoms with E-state index in [0.717, 1.165) is 0 Å². The van der Waals surface area contributed by atoms with Crippen LogP contribution in [0.15, 0.2) is 18.2 Å². The topological polar surface area (TPSA) is 63.3 Å². The third-order valence-corrected chi connectivity index (χ3v) is 1.71. The number of rotatable bonds is 3. The molecule has 0 atom stereocenters. The second kappa shape index (κ2) is 3.89. The van der Waals surface area contributed by atoms with Crippen LogP contribution in [0.1, 0.15) is 12.0 Å². The van der Waals surface area contributed by atoms with Gasteiger partial charge >= 0.3 is 5.97 Å². The van der Waals surface area contributed by atoms with Crippen LogP contribution < -0.4 is 5.73 Å². The van der Waals surface area contributed by atoms with E-state index < -0.39 is 11.8 Å².